The van der Waals surface area contributed by atoms with E-state index in [-0.39, 0.29) is 0 Å². The molecule has 1 fully saturated rings. The number of anilines is 1. The van der Waals surface area contributed by atoms with Gasteiger partial charge in [-0.1, -0.05) is 26.0 Å². The average Bonchev–Trinajstić information content (AvgIpc) is 2.86. The maximum absolute atomic E-state index is 12.4. The van der Waals surface area contributed by atoms with E-state index in [9.17, 15) is 14.4 Å². The second kappa shape index (κ2) is 8.50. The Labute approximate surface area is 147 Å². The van der Waals surface area contributed by atoms with Gasteiger partial charge in [0.1, 0.15) is 0 Å². The van der Waals surface area contributed by atoms with Crippen molar-refractivity contribution in [3.05, 3.63) is 29.8 Å². The molecule has 1 aromatic carbocycles. The molecule has 1 heterocycles. The Balaban J connectivity index is 1.97. The lowest BCUT2D eigenvalue weighted by Crippen LogP contribution is -2.42. The first kappa shape index (κ1) is 18.8. The predicted octanol–water partition coefficient (Wildman–Crippen LogP) is 2.05. The number of rotatable bonds is 2. The van der Waals surface area contributed by atoms with E-state index in [1.165, 1.54) is 16.9 Å². The molecule has 0 spiro atoms. The lowest BCUT2D eigenvalue weighted by atomic mass is 10.0. The first-order chi connectivity index (χ1) is 11.9. The summed E-state index contributed by atoms with van der Waals surface area (Å²) in [5.74, 6) is -0.906. The minimum Gasteiger partial charge on any atom is -0.453 e. The minimum absolute atomic E-state index is 0.313. The van der Waals surface area contributed by atoms with E-state index in [2.05, 4.69) is 19.2 Å². The van der Waals surface area contributed by atoms with Crippen LogP contribution in [0.25, 0.3) is 0 Å². The average molecular weight is 347 g/mol. The first-order valence-electron chi connectivity index (χ1n) is 8.45. The van der Waals surface area contributed by atoms with E-state index in [1.54, 1.807) is 6.07 Å². The van der Waals surface area contributed by atoms with Crippen LogP contribution in [0.2, 0.25) is 0 Å². The van der Waals surface area contributed by atoms with Crippen molar-refractivity contribution in [2.45, 2.75) is 26.2 Å². The van der Waals surface area contributed by atoms with E-state index >= 15 is 0 Å². The molecule has 0 radical (unpaired) electrons. The normalized spacial score (nSPS) is 14.9. The lowest BCUT2D eigenvalue weighted by molar-refractivity contribution is -0.143. The number of nitrogens with zero attached hydrogens (tertiary/aromatic N) is 2. The molecular formula is C18H25N3O4. The Morgan fingerprint density at radius 3 is 2.44 bits per heavy atom. The smallest absolute Gasteiger partial charge is 0.409 e. The summed E-state index contributed by atoms with van der Waals surface area (Å²) in [5.41, 5.74) is 1.70. The predicted molar refractivity (Wildman–Crippen MR) is 94.3 cm³/mol. The molecule has 0 aromatic heterocycles. The van der Waals surface area contributed by atoms with Gasteiger partial charge in [-0.05, 0) is 30.0 Å². The van der Waals surface area contributed by atoms with Gasteiger partial charge in [-0.3, -0.25) is 9.59 Å². The van der Waals surface area contributed by atoms with Crippen molar-refractivity contribution < 1.29 is 19.1 Å². The van der Waals surface area contributed by atoms with Gasteiger partial charge in [0, 0.05) is 31.9 Å². The van der Waals surface area contributed by atoms with Gasteiger partial charge < -0.3 is 19.9 Å². The van der Waals surface area contributed by atoms with Crippen molar-refractivity contribution >= 4 is 23.6 Å². The molecule has 0 aliphatic carbocycles. The van der Waals surface area contributed by atoms with E-state index in [1.807, 2.05) is 18.2 Å². The van der Waals surface area contributed by atoms with Crippen LogP contribution >= 0.6 is 0 Å². The molecule has 0 unspecified atom stereocenters. The molecule has 136 valence electrons. The van der Waals surface area contributed by atoms with Gasteiger partial charge in [0.2, 0.25) is 0 Å². The van der Waals surface area contributed by atoms with Crippen molar-refractivity contribution in [1.29, 1.82) is 0 Å². The summed E-state index contributed by atoms with van der Waals surface area (Å²) in [6.45, 7) is 5.74. The fourth-order valence-corrected chi connectivity index (χ4v) is 2.74. The van der Waals surface area contributed by atoms with Crippen LogP contribution < -0.4 is 5.32 Å². The number of hydrogen-bond donors (Lipinski definition) is 1. The maximum Gasteiger partial charge on any atom is 0.409 e. The van der Waals surface area contributed by atoms with Crippen molar-refractivity contribution in [2.24, 2.45) is 0 Å². The summed E-state index contributed by atoms with van der Waals surface area (Å²) < 4.78 is 4.70. The number of carbonyl (C=O) groups excluding carboxylic acids is 3. The maximum atomic E-state index is 12.4. The van der Waals surface area contributed by atoms with E-state index in [0.717, 1.165) is 5.56 Å². The highest BCUT2D eigenvalue weighted by atomic mass is 16.5. The molecule has 1 aliphatic rings. The zero-order chi connectivity index (χ0) is 18.4. The summed E-state index contributed by atoms with van der Waals surface area (Å²) in [5, 5.41) is 2.66. The summed E-state index contributed by atoms with van der Waals surface area (Å²) >= 11 is 0. The highest BCUT2D eigenvalue weighted by Gasteiger charge is 2.26. The van der Waals surface area contributed by atoms with Crippen LogP contribution in [0.5, 0.6) is 0 Å². The number of nitrogens with one attached hydrogen (secondary N) is 1. The third kappa shape index (κ3) is 4.95. The van der Waals surface area contributed by atoms with Gasteiger partial charge in [-0.15, -0.1) is 0 Å². The number of hydrogen-bond acceptors (Lipinski definition) is 4. The number of carbonyl (C=O) groups is 3. The monoisotopic (exact) mass is 347 g/mol. The second-order valence-corrected chi connectivity index (χ2v) is 6.34. The van der Waals surface area contributed by atoms with E-state index in [0.29, 0.717) is 44.2 Å². The highest BCUT2D eigenvalue weighted by Crippen LogP contribution is 2.18. The van der Waals surface area contributed by atoms with Crippen LogP contribution in [-0.4, -0.2) is 61.0 Å². The topological polar surface area (TPSA) is 79.0 Å². The van der Waals surface area contributed by atoms with Crippen LogP contribution in [0.1, 0.15) is 31.7 Å². The largest absolute Gasteiger partial charge is 0.453 e. The number of benzene rings is 1. The number of ether oxygens (including phenoxy) is 1. The SMILES string of the molecule is COC(=O)N1CCCN(C(=O)C(=O)Nc2cccc(C(C)C)c2)CC1. The van der Waals surface area contributed by atoms with Crippen LogP contribution in [0.15, 0.2) is 24.3 Å². The molecule has 7 nitrogen and oxygen atoms in total. The Bertz CT molecular complexity index is 645. The van der Waals surface area contributed by atoms with Gasteiger partial charge >= 0.3 is 17.9 Å². The molecule has 2 rings (SSSR count). The second-order valence-electron chi connectivity index (χ2n) is 6.34. The number of amides is 3. The summed E-state index contributed by atoms with van der Waals surface area (Å²) in [6.07, 6.45) is 0.195. The van der Waals surface area contributed by atoms with Gasteiger partial charge in [0.05, 0.1) is 7.11 Å². The molecule has 0 bridgehead atoms. The Morgan fingerprint density at radius 2 is 1.76 bits per heavy atom. The molecule has 25 heavy (non-hydrogen) atoms. The third-order valence-electron chi connectivity index (χ3n) is 4.22. The van der Waals surface area contributed by atoms with Crippen LogP contribution in [0, 0.1) is 0 Å². The molecule has 1 N–H and O–H groups in total. The van der Waals surface area contributed by atoms with Gasteiger partial charge in [0.15, 0.2) is 0 Å². The molecule has 0 atom stereocenters. The summed E-state index contributed by atoms with van der Waals surface area (Å²) in [7, 11) is 1.33. The van der Waals surface area contributed by atoms with Crippen LogP contribution in [-0.2, 0) is 14.3 Å². The molecule has 7 heteroatoms. The Hall–Kier alpha value is -2.57. The van der Waals surface area contributed by atoms with Gasteiger partial charge in [-0.2, -0.15) is 0 Å². The van der Waals surface area contributed by atoms with Crippen molar-refractivity contribution in [2.75, 3.05) is 38.6 Å². The Morgan fingerprint density at radius 1 is 1.08 bits per heavy atom. The van der Waals surface area contributed by atoms with Crippen molar-refractivity contribution in [3.8, 4) is 0 Å². The molecule has 3 amide bonds. The summed E-state index contributed by atoms with van der Waals surface area (Å²) in [4.78, 5) is 39.3. The van der Waals surface area contributed by atoms with Crippen molar-refractivity contribution in [3.63, 3.8) is 0 Å². The fourth-order valence-electron chi connectivity index (χ4n) is 2.74. The summed E-state index contributed by atoms with van der Waals surface area (Å²) in [6, 6.07) is 7.48. The van der Waals surface area contributed by atoms with Crippen molar-refractivity contribution in [1.82, 2.24) is 9.80 Å². The Kier molecular flexibility index (Phi) is 6.38. The standard InChI is InChI=1S/C18H25N3O4/c1-13(2)14-6-4-7-15(12-14)19-16(22)17(23)20-8-5-9-21(11-10-20)18(24)25-3/h4,6-7,12-13H,5,8-11H2,1-3H3,(H,19,22). The van der Waals surface area contributed by atoms with Gasteiger partial charge in [0.25, 0.3) is 0 Å². The van der Waals surface area contributed by atoms with Gasteiger partial charge in [-0.25, -0.2) is 4.79 Å². The quantitative estimate of drug-likeness (QED) is 0.831. The molecule has 1 aliphatic heterocycles. The van der Waals surface area contributed by atoms with E-state index in [4.69, 9.17) is 4.74 Å². The molecule has 0 saturated carbocycles. The van der Waals surface area contributed by atoms with E-state index < -0.39 is 17.9 Å². The lowest BCUT2D eigenvalue weighted by Gasteiger charge is -2.21. The first-order valence-corrected chi connectivity index (χ1v) is 8.45. The zero-order valence-electron chi connectivity index (χ0n) is 14.9. The third-order valence-corrected chi connectivity index (χ3v) is 4.22. The van der Waals surface area contributed by atoms with Crippen LogP contribution in [0.3, 0.4) is 0 Å². The minimum atomic E-state index is -0.660. The molecule has 1 saturated heterocycles. The highest BCUT2D eigenvalue weighted by molar-refractivity contribution is 6.39. The fraction of sp³-hybridized carbons (Fsp3) is 0.500. The van der Waals surface area contributed by atoms with Crippen LogP contribution in [0.4, 0.5) is 10.5 Å². The zero-order valence-corrected chi connectivity index (χ0v) is 14.9. The number of methoxy groups -OCH3 is 1. The molecular weight excluding hydrogens is 322 g/mol. The molecule has 1 aromatic rings.